The van der Waals surface area contributed by atoms with Gasteiger partial charge in [0.1, 0.15) is 5.82 Å². The molecule has 0 saturated heterocycles. The average molecular weight is 330 g/mol. The summed E-state index contributed by atoms with van der Waals surface area (Å²) in [7, 11) is 0. The predicted molar refractivity (Wildman–Crippen MR) is 89.5 cm³/mol. The minimum atomic E-state index is -0.968. The highest BCUT2D eigenvalue weighted by atomic mass is 16.4. The number of nitrogens with one attached hydrogen (secondary N) is 2. The number of carbonyl (C=O) groups is 2. The zero-order chi connectivity index (χ0) is 17.5. The van der Waals surface area contributed by atoms with Gasteiger partial charge in [0.2, 0.25) is 0 Å². The summed E-state index contributed by atoms with van der Waals surface area (Å²) in [6, 6.07) is 6.09. The molecule has 2 aromatic rings. The number of nitrogens with zero attached hydrogens (tertiary/aromatic N) is 2. The highest BCUT2D eigenvalue weighted by Crippen LogP contribution is 2.05. The highest BCUT2D eigenvalue weighted by Gasteiger charge is 2.07. The fourth-order valence-corrected chi connectivity index (χ4v) is 2.24. The lowest BCUT2D eigenvalue weighted by molar-refractivity contribution is 0.0697. The molecular weight excluding hydrogens is 308 g/mol. The number of urea groups is 1. The maximum Gasteiger partial charge on any atom is 0.335 e. The Hall–Kier alpha value is -2.83. The number of amides is 2. The van der Waals surface area contributed by atoms with Crippen molar-refractivity contribution in [3.63, 3.8) is 0 Å². The minimum absolute atomic E-state index is 0.222. The second-order valence-electron chi connectivity index (χ2n) is 5.93. The summed E-state index contributed by atoms with van der Waals surface area (Å²) in [5.41, 5.74) is 1.05. The lowest BCUT2D eigenvalue weighted by Gasteiger charge is -2.11. The van der Waals surface area contributed by atoms with Crippen molar-refractivity contribution in [3.05, 3.63) is 53.6 Å². The Morgan fingerprint density at radius 1 is 1.17 bits per heavy atom. The van der Waals surface area contributed by atoms with Crippen molar-refractivity contribution in [2.24, 2.45) is 5.92 Å². The van der Waals surface area contributed by atoms with Crippen LogP contribution in [0.25, 0.3) is 0 Å². The van der Waals surface area contributed by atoms with Gasteiger partial charge < -0.3 is 20.3 Å². The van der Waals surface area contributed by atoms with Gasteiger partial charge >= 0.3 is 12.0 Å². The predicted octanol–water partition coefficient (Wildman–Crippen LogP) is 2.24. The monoisotopic (exact) mass is 330 g/mol. The molecule has 2 amide bonds. The van der Waals surface area contributed by atoms with Gasteiger partial charge in [-0.15, -0.1) is 0 Å². The molecule has 0 fully saturated rings. The molecule has 0 radical (unpaired) electrons. The van der Waals surface area contributed by atoms with Gasteiger partial charge in [-0.2, -0.15) is 0 Å². The third-order valence-electron chi connectivity index (χ3n) is 3.42. The van der Waals surface area contributed by atoms with E-state index >= 15 is 0 Å². The number of rotatable bonds is 7. The second-order valence-corrected chi connectivity index (χ2v) is 5.93. The standard InChI is InChI=1S/C17H22N4O3/c1-12(2)11-21-8-7-18-15(21)10-20-17(24)19-9-13-3-5-14(6-4-13)16(22)23/h3-8,12H,9-11H2,1-2H3,(H,22,23)(H2,19,20,24). The van der Waals surface area contributed by atoms with Gasteiger partial charge in [-0.3, -0.25) is 0 Å². The van der Waals surface area contributed by atoms with Crippen molar-refractivity contribution in [2.75, 3.05) is 0 Å². The fraction of sp³-hybridized carbons (Fsp3) is 0.353. The summed E-state index contributed by atoms with van der Waals surface area (Å²) in [6.45, 7) is 5.78. The van der Waals surface area contributed by atoms with Crippen molar-refractivity contribution < 1.29 is 14.7 Å². The van der Waals surface area contributed by atoms with Gasteiger partial charge in [-0.1, -0.05) is 26.0 Å². The fourth-order valence-electron chi connectivity index (χ4n) is 2.24. The van der Waals surface area contributed by atoms with E-state index in [1.165, 1.54) is 12.1 Å². The smallest absolute Gasteiger partial charge is 0.335 e. The van der Waals surface area contributed by atoms with Crippen LogP contribution in [0.5, 0.6) is 0 Å². The molecule has 7 nitrogen and oxygen atoms in total. The summed E-state index contributed by atoms with van der Waals surface area (Å²) in [6.07, 6.45) is 3.63. The number of benzene rings is 1. The van der Waals surface area contributed by atoms with Crippen molar-refractivity contribution in [3.8, 4) is 0 Å². The number of hydrogen-bond acceptors (Lipinski definition) is 3. The molecule has 2 rings (SSSR count). The molecule has 0 aliphatic rings. The summed E-state index contributed by atoms with van der Waals surface area (Å²) in [5, 5.41) is 14.4. The number of carbonyl (C=O) groups excluding carboxylic acids is 1. The van der Waals surface area contributed by atoms with Crippen molar-refractivity contribution in [1.82, 2.24) is 20.2 Å². The first-order valence-corrected chi connectivity index (χ1v) is 7.79. The molecule has 1 aromatic carbocycles. The van der Waals surface area contributed by atoms with Gasteiger partial charge in [0.15, 0.2) is 0 Å². The highest BCUT2D eigenvalue weighted by molar-refractivity contribution is 5.87. The van der Waals surface area contributed by atoms with Crippen LogP contribution in [-0.4, -0.2) is 26.7 Å². The molecule has 0 atom stereocenters. The lowest BCUT2D eigenvalue weighted by Crippen LogP contribution is -2.35. The van der Waals surface area contributed by atoms with E-state index in [0.29, 0.717) is 19.0 Å². The van der Waals surface area contributed by atoms with Crippen LogP contribution in [0.4, 0.5) is 4.79 Å². The Kier molecular flexibility index (Phi) is 5.95. The van der Waals surface area contributed by atoms with Crippen LogP contribution in [0.2, 0.25) is 0 Å². The van der Waals surface area contributed by atoms with Crippen LogP contribution in [-0.2, 0) is 19.6 Å². The molecular formula is C17H22N4O3. The molecule has 0 aliphatic heterocycles. The number of carboxylic acid groups (broad SMARTS) is 1. The number of aromatic nitrogens is 2. The molecule has 128 valence electrons. The molecule has 0 spiro atoms. The maximum absolute atomic E-state index is 11.9. The minimum Gasteiger partial charge on any atom is -0.478 e. The summed E-state index contributed by atoms with van der Waals surface area (Å²) < 4.78 is 2.02. The van der Waals surface area contributed by atoms with Crippen LogP contribution in [0.15, 0.2) is 36.7 Å². The Labute approximate surface area is 140 Å². The lowest BCUT2D eigenvalue weighted by atomic mass is 10.1. The SMILES string of the molecule is CC(C)Cn1ccnc1CNC(=O)NCc1ccc(C(=O)O)cc1. The largest absolute Gasteiger partial charge is 0.478 e. The topological polar surface area (TPSA) is 96.3 Å². The first kappa shape index (κ1) is 17.5. The first-order chi connectivity index (χ1) is 11.5. The molecule has 7 heteroatoms. The summed E-state index contributed by atoms with van der Waals surface area (Å²) >= 11 is 0. The Balaban J connectivity index is 1.79. The molecule has 24 heavy (non-hydrogen) atoms. The van der Waals surface area contributed by atoms with E-state index in [9.17, 15) is 9.59 Å². The van der Waals surface area contributed by atoms with E-state index < -0.39 is 5.97 Å². The second kappa shape index (κ2) is 8.14. The van der Waals surface area contributed by atoms with Crippen molar-refractivity contribution in [2.45, 2.75) is 33.5 Å². The number of imidazole rings is 1. The average Bonchev–Trinajstić information content (AvgIpc) is 2.97. The van der Waals surface area contributed by atoms with E-state index in [0.717, 1.165) is 17.9 Å². The number of hydrogen-bond donors (Lipinski definition) is 3. The van der Waals surface area contributed by atoms with Crippen LogP contribution in [0, 0.1) is 5.92 Å². The van der Waals surface area contributed by atoms with E-state index in [1.54, 1.807) is 18.3 Å². The van der Waals surface area contributed by atoms with Crippen LogP contribution >= 0.6 is 0 Å². The van der Waals surface area contributed by atoms with Gasteiger partial charge in [-0.25, -0.2) is 14.6 Å². The zero-order valence-electron chi connectivity index (χ0n) is 13.8. The number of aromatic carboxylic acids is 1. The number of carboxylic acids is 1. The normalized spacial score (nSPS) is 10.6. The molecule has 1 heterocycles. The molecule has 3 N–H and O–H groups in total. The third-order valence-corrected chi connectivity index (χ3v) is 3.42. The van der Waals surface area contributed by atoms with Gasteiger partial charge in [0, 0.05) is 25.5 Å². The van der Waals surface area contributed by atoms with Crippen molar-refractivity contribution >= 4 is 12.0 Å². The van der Waals surface area contributed by atoms with Crippen LogP contribution in [0.3, 0.4) is 0 Å². The van der Waals surface area contributed by atoms with Crippen molar-refractivity contribution in [1.29, 1.82) is 0 Å². The zero-order valence-corrected chi connectivity index (χ0v) is 13.8. The summed E-state index contributed by atoms with van der Waals surface area (Å²) in [4.78, 5) is 26.9. The molecule has 0 unspecified atom stereocenters. The van der Waals surface area contributed by atoms with Crippen LogP contribution in [0.1, 0.15) is 35.6 Å². The molecule has 1 aromatic heterocycles. The van der Waals surface area contributed by atoms with Gasteiger partial charge in [-0.05, 0) is 23.6 Å². The Morgan fingerprint density at radius 3 is 2.46 bits per heavy atom. The molecule has 0 aliphatic carbocycles. The van der Waals surface area contributed by atoms with E-state index in [-0.39, 0.29) is 11.6 Å². The van der Waals surface area contributed by atoms with E-state index in [2.05, 4.69) is 29.5 Å². The maximum atomic E-state index is 11.9. The first-order valence-electron chi connectivity index (χ1n) is 7.79. The molecule has 0 bridgehead atoms. The third kappa shape index (κ3) is 5.12. The van der Waals surface area contributed by atoms with Gasteiger partial charge in [0.25, 0.3) is 0 Å². The van der Waals surface area contributed by atoms with Crippen LogP contribution < -0.4 is 10.6 Å². The Bertz CT molecular complexity index is 692. The summed E-state index contributed by atoms with van der Waals surface area (Å²) in [5.74, 6) is 0.342. The Morgan fingerprint density at radius 2 is 1.83 bits per heavy atom. The molecule has 0 saturated carbocycles. The van der Waals surface area contributed by atoms with E-state index in [4.69, 9.17) is 5.11 Å². The van der Waals surface area contributed by atoms with E-state index in [1.807, 2.05) is 10.8 Å². The quantitative estimate of drug-likeness (QED) is 0.725. The van der Waals surface area contributed by atoms with Gasteiger partial charge in [0.05, 0.1) is 12.1 Å².